The highest BCUT2D eigenvalue weighted by molar-refractivity contribution is 7.07. The van der Waals surface area contributed by atoms with Crippen LogP contribution in [0.1, 0.15) is 5.69 Å². The van der Waals surface area contributed by atoms with Crippen molar-refractivity contribution in [3.63, 3.8) is 0 Å². The third kappa shape index (κ3) is 2.16. The van der Waals surface area contributed by atoms with E-state index >= 15 is 0 Å². The molecule has 0 aliphatic rings. The van der Waals surface area contributed by atoms with E-state index < -0.39 is 0 Å². The molecule has 0 saturated heterocycles. The Balaban J connectivity index is 2.57. The van der Waals surface area contributed by atoms with Crippen molar-refractivity contribution in [1.82, 2.24) is 4.98 Å². The van der Waals surface area contributed by atoms with Crippen molar-refractivity contribution in [2.24, 2.45) is 0 Å². The van der Waals surface area contributed by atoms with Gasteiger partial charge in [0, 0.05) is 11.3 Å². The fourth-order valence-electron chi connectivity index (χ4n) is 0.469. The molecule has 0 aliphatic carbocycles. The molecular weight excluding hydrogens is 154 g/mol. The highest BCUT2D eigenvalue weighted by atomic mass is 35.5. The van der Waals surface area contributed by atoms with Crippen LogP contribution < -0.4 is 0 Å². The number of alkyl halides is 1. The fourth-order valence-corrected chi connectivity index (χ4v) is 1.08. The summed E-state index contributed by atoms with van der Waals surface area (Å²) >= 11 is 6.99. The second kappa shape index (κ2) is 3.64. The molecule has 1 rings (SSSR count). The van der Waals surface area contributed by atoms with Crippen LogP contribution in [0.15, 0.2) is 17.0 Å². The average Bonchev–Trinajstić information content (AvgIpc) is 2.34. The van der Waals surface area contributed by atoms with Gasteiger partial charge in [0.25, 0.3) is 0 Å². The summed E-state index contributed by atoms with van der Waals surface area (Å²) in [6.07, 6.45) is 3.78. The zero-order valence-corrected chi connectivity index (χ0v) is 6.32. The third-order valence-corrected chi connectivity index (χ3v) is 1.61. The zero-order chi connectivity index (χ0) is 6.53. The summed E-state index contributed by atoms with van der Waals surface area (Å²) in [5.74, 6) is 0.553. The highest BCUT2D eigenvalue weighted by Crippen LogP contribution is 2.02. The largest absolute Gasteiger partial charge is 0.245 e. The van der Waals surface area contributed by atoms with Gasteiger partial charge in [0.05, 0.1) is 11.2 Å². The quantitative estimate of drug-likeness (QED) is 0.604. The summed E-state index contributed by atoms with van der Waals surface area (Å²) in [5.41, 5.74) is 2.79. The Hall–Kier alpha value is -0.340. The maximum absolute atomic E-state index is 5.41. The summed E-state index contributed by atoms with van der Waals surface area (Å²) in [5, 5.41) is 1.98. The van der Waals surface area contributed by atoms with E-state index in [-0.39, 0.29) is 0 Å². The molecule has 0 aliphatic heterocycles. The Morgan fingerprint density at radius 2 is 2.67 bits per heavy atom. The molecule has 48 valence electrons. The van der Waals surface area contributed by atoms with Gasteiger partial charge in [-0.1, -0.05) is 6.08 Å². The smallest absolute Gasteiger partial charge is 0.0798 e. The Morgan fingerprint density at radius 1 is 1.78 bits per heavy atom. The number of rotatable bonds is 2. The van der Waals surface area contributed by atoms with Crippen molar-refractivity contribution in [3.8, 4) is 0 Å². The van der Waals surface area contributed by atoms with E-state index in [4.69, 9.17) is 11.6 Å². The first-order valence-electron chi connectivity index (χ1n) is 2.54. The number of allylic oxidation sites excluding steroid dienone is 1. The lowest BCUT2D eigenvalue weighted by molar-refractivity contribution is 1.38. The van der Waals surface area contributed by atoms with E-state index in [0.29, 0.717) is 5.88 Å². The van der Waals surface area contributed by atoms with E-state index in [1.165, 1.54) is 0 Å². The first kappa shape index (κ1) is 6.78. The summed E-state index contributed by atoms with van der Waals surface area (Å²) in [6, 6.07) is 0. The van der Waals surface area contributed by atoms with Gasteiger partial charge >= 0.3 is 0 Å². The summed E-state index contributed by atoms with van der Waals surface area (Å²) < 4.78 is 0. The second-order valence-corrected chi connectivity index (χ2v) is 2.50. The molecule has 0 N–H and O–H groups in total. The Labute approximate surface area is 63.0 Å². The minimum atomic E-state index is 0.553. The standard InChI is InChI=1S/C6H6ClNS/c7-3-1-2-6-4-9-5-8-6/h1-2,4-5H,3H2. The number of nitrogens with zero attached hydrogens (tertiary/aromatic N) is 1. The van der Waals surface area contributed by atoms with E-state index in [0.717, 1.165) is 5.69 Å². The molecule has 3 heteroatoms. The summed E-state index contributed by atoms with van der Waals surface area (Å²) in [7, 11) is 0. The number of aromatic nitrogens is 1. The molecule has 0 atom stereocenters. The maximum atomic E-state index is 5.41. The topological polar surface area (TPSA) is 12.9 Å². The van der Waals surface area contributed by atoms with Gasteiger partial charge < -0.3 is 0 Å². The van der Waals surface area contributed by atoms with Crippen LogP contribution in [0.5, 0.6) is 0 Å². The number of halogens is 1. The van der Waals surface area contributed by atoms with Crippen LogP contribution in [0.3, 0.4) is 0 Å². The van der Waals surface area contributed by atoms with Crippen LogP contribution in [-0.4, -0.2) is 10.9 Å². The van der Waals surface area contributed by atoms with Crippen molar-refractivity contribution >= 4 is 29.0 Å². The molecule has 0 aromatic carbocycles. The zero-order valence-electron chi connectivity index (χ0n) is 4.75. The monoisotopic (exact) mass is 159 g/mol. The first-order valence-corrected chi connectivity index (χ1v) is 4.02. The van der Waals surface area contributed by atoms with Crippen molar-refractivity contribution in [1.29, 1.82) is 0 Å². The normalized spacial score (nSPS) is 10.8. The van der Waals surface area contributed by atoms with E-state index in [2.05, 4.69) is 4.98 Å². The predicted octanol–water partition coefficient (Wildman–Crippen LogP) is 2.40. The Kier molecular flexibility index (Phi) is 2.74. The molecule has 1 aromatic rings. The minimum Gasteiger partial charge on any atom is -0.245 e. The van der Waals surface area contributed by atoms with Gasteiger partial charge in [0.2, 0.25) is 0 Å². The van der Waals surface area contributed by atoms with Gasteiger partial charge in [0.1, 0.15) is 0 Å². The molecule has 0 bridgehead atoms. The van der Waals surface area contributed by atoms with E-state index in [1.807, 2.05) is 17.5 Å². The summed E-state index contributed by atoms with van der Waals surface area (Å²) in [4.78, 5) is 4.03. The first-order chi connectivity index (χ1) is 4.43. The van der Waals surface area contributed by atoms with Gasteiger partial charge in [-0.05, 0) is 6.08 Å². The van der Waals surface area contributed by atoms with Crippen molar-refractivity contribution < 1.29 is 0 Å². The molecular formula is C6H6ClNS. The summed E-state index contributed by atoms with van der Waals surface area (Å²) in [6.45, 7) is 0. The van der Waals surface area contributed by atoms with Crippen molar-refractivity contribution in [3.05, 3.63) is 22.7 Å². The molecule has 0 fully saturated rings. The molecule has 1 nitrogen and oxygen atoms in total. The highest BCUT2D eigenvalue weighted by Gasteiger charge is 1.83. The van der Waals surface area contributed by atoms with Crippen molar-refractivity contribution in [2.75, 3.05) is 5.88 Å². The van der Waals surface area contributed by atoms with Crippen LogP contribution in [-0.2, 0) is 0 Å². The Bertz CT molecular complexity index is 181. The molecule has 0 radical (unpaired) electrons. The molecule has 0 unspecified atom stereocenters. The number of hydrogen-bond acceptors (Lipinski definition) is 2. The van der Waals surface area contributed by atoms with Crippen LogP contribution in [0.4, 0.5) is 0 Å². The lowest BCUT2D eigenvalue weighted by atomic mass is 10.4. The molecule has 1 aromatic heterocycles. The molecule has 0 saturated carbocycles. The lowest BCUT2D eigenvalue weighted by Gasteiger charge is -1.76. The second-order valence-electron chi connectivity index (χ2n) is 1.47. The fraction of sp³-hybridized carbons (Fsp3) is 0.167. The number of thiazole rings is 1. The Morgan fingerprint density at radius 3 is 3.22 bits per heavy atom. The van der Waals surface area contributed by atoms with Crippen molar-refractivity contribution in [2.45, 2.75) is 0 Å². The van der Waals surface area contributed by atoms with Gasteiger partial charge in [-0.25, -0.2) is 4.98 Å². The molecule has 9 heavy (non-hydrogen) atoms. The number of hydrogen-bond donors (Lipinski definition) is 0. The van der Waals surface area contributed by atoms with E-state index in [1.54, 1.807) is 16.8 Å². The lowest BCUT2D eigenvalue weighted by Crippen LogP contribution is -1.66. The van der Waals surface area contributed by atoms with Crippen LogP contribution in [0, 0.1) is 0 Å². The SMILES string of the molecule is ClCC=Cc1cscn1. The van der Waals surface area contributed by atoms with Crippen LogP contribution in [0.25, 0.3) is 6.08 Å². The average molecular weight is 160 g/mol. The molecule has 0 spiro atoms. The van der Waals surface area contributed by atoms with Gasteiger partial charge in [-0.3, -0.25) is 0 Å². The predicted molar refractivity (Wildman–Crippen MR) is 41.9 cm³/mol. The minimum absolute atomic E-state index is 0.553. The third-order valence-electron chi connectivity index (χ3n) is 0.829. The van der Waals surface area contributed by atoms with E-state index in [9.17, 15) is 0 Å². The van der Waals surface area contributed by atoms with Gasteiger partial charge in [-0.15, -0.1) is 22.9 Å². The van der Waals surface area contributed by atoms with Gasteiger partial charge in [-0.2, -0.15) is 0 Å². The van der Waals surface area contributed by atoms with Gasteiger partial charge in [0.15, 0.2) is 0 Å². The molecule has 1 heterocycles. The maximum Gasteiger partial charge on any atom is 0.0798 e. The van der Waals surface area contributed by atoms with Crippen LogP contribution in [0.2, 0.25) is 0 Å². The van der Waals surface area contributed by atoms with Crippen LogP contribution >= 0.6 is 22.9 Å². The molecule has 0 amide bonds.